The number of likely N-dealkylation sites (tertiary alicyclic amines) is 1. The van der Waals surface area contributed by atoms with Crippen molar-refractivity contribution in [2.75, 3.05) is 13.1 Å². The number of amides is 1. The molecular formula is C15H23ClN2O. The average Bonchev–Trinajstić information content (AvgIpc) is 2.87. The third kappa shape index (κ3) is 3.71. The fourth-order valence-electron chi connectivity index (χ4n) is 2.45. The number of carbonyl (C=O) groups excluding carboxylic acids is 1. The Bertz CT molecular complexity index is 408. The minimum Gasteiger partial charge on any atom is -0.341 e. The molecule has 19 heavy (non-hydrogen) atoms. The molecule has 0 spiro atoms. The molecule has 2 atom stereocenters. The average molecular weight is 283 g/mol. The van der Waals surface area contributed by atoms with Gasteiger partial charge in [0.05, 0.1) is 6.04 Å². The summed E-state index contributed by atoms with van der Waals surface area (Å²) in [6, 6.07) is 10.1. The van der Waals surface area contributed by atoms with E-state index in [1.54, 1.807) is 0 Å². The highest BCUT2D eigenvalue weighted by Gasteiger charge is 2.30. The monoisotopic (exact) mass is 282 g/mol. The summed E-state index contributed by atoms with van der Waals surface area (Å²) in [6.45, 7) is 5.63. The van der Waals surface area contributed by atoms with Crippen LogP contribution in [0, 0.1) is 5.92 Å². The Labute approximate surface area is 121 Å². The molecule has 1 heterocycles. The van der Waals surface area contributed by atoms with Crippen LogP contribution in [0.15, 0.2) is 30.3 Å². The molecule has 0 aliphatic carbocycles. The van der Waals surface area contributed by atoms with E-state index in [1.807, 2.05) is 24.8 Å². The topological polar surface area (TPSA) is 46.3 Å². The van der Waals surface area contributed by atoms with Crippen LogP contribution in [0.25, 0.3) is 0 Å². The first-order valence-electron chi connectivity index (χ1n) is 6.69. The van der Waals surface area contributed by atoms with Gasteiger partial charge in [0.1, 0.15) is 0 Å². The number of nitrogens with zero attached hydrogens (tertiary/aromatic N) is 1. The third-order valence-electron chi connectivity index (χ3n) is 3.77. The van der Waals surface area contributed by atoms with Crippen molar-refractivity contribution in [3.8, 4) is 0 Å². The molecule has 1 unspecified atom stereocenters. The van der Waals surface area contributed by atoms with E-state index in [-0.39, 0.29) is 30.3 Å². The molecule has 1 aromatic rings. The van der Waals surface area contributed by atoms with Crippen LogP contribution in [0.3, 0.4) is 0 Å². The molecule has 1 amide bonds. The van der Waals surface area contributed by atoms with Gasteiger partial charge in [0, 0.05) is 19.0 Å². The number of hydrogen-bond donors (Lipinski definition) is 1. The Kier molecular flexibility index (Phi) is 5.83. The van der Waals surface area contributed by atoms with Crippen LogP contribution in [0.2, 0.25) is 0 Å². The molecule has 3 nitrogen and oxygen atoms in total. The predicted octanol–water partition coefficient (Wildman–Crippen LogP) is 2.41. The largest absolute Gasteiger partial charge is 0.341 e. The zero-order valence-corrected chi connectivity index (χ0v) is 12.4. The summed E-state index contributed by atoms with van der Waals surface area (Å²) in [5, 5.41) is 0. The molecule has 1 saturated heterocycles. The zero-order valence-electron chi connectivity index (χ0n) is 11.6. The first-order valence-corrected chi connectivity index (χ1v) is 6.69. The summed E-state index contributed by atoms with van der Waals surface area (Å²) in [5.41, 5.74) is 7.26. The van der Waals surface area contributed by atoms with Crippen LogP contribution in [0.4, 0.5) is 0 Å². The molecule has 0 aromatic heterocycles. The van der Waals surface area contributed by atoms with Gasteiger partial charge in [-0.3, -0.25) is 4.79 Å². The lowest BCUT2D eigenvalue weighted by Gasteiger charge is -2.23. The van der Waals surface area contributed by atoms with E-state index in [1.165, 1.54) is 5.56 Å². The Morgan fingerprint density at radius 3 is 2.53 bits per heavy atom. The smallest absolute Gasteiger partial charge is 0.239 e. The zero-order chi connectivity index (χ0) is 13.1. The van der Waals surface area contributed by atoms with E-state index >= 15 is 0 Å². The van der Waals surface area contributed by atoms with Crippen LogP contribution in [0.1, 0.15) is 31.7 Å². The highest BCUT2D eigenvalue weighted by molar-refractivity contribution is 5.85. The molecule has 0 saturated carbocycles. The minimum absolute atomic E-state index is 0. The lowest BCUT2D eigenvalue weighted by molar-refractivity contribution is -0.132. The van der Waals surface area contributed by atoms with E-state index in [2.05, 4.69) is 24.3 Å². The van der Waals surface area contributed by atoms with Gasteiger partial charge in [0.25, 0.3) is 0 Å². The SMILES string of the molecule is CC(C)[C@@H](N)C(=O)N1CCC(c2ccccc2)C1.Cl. The summed E-state index contributed by atoms with van der Waals surface area (Å²) in [5.74, 6) is 0.770. The molecule has 1 fully saturated rings. The fraction of sp³-hybridized carbons (Fsp3) is 0.533. The highest BCUT2D eigenvalue weighted by Crippen LogP contribution is 2.27. The number of rotatable bonds is 3. The maximum atomic E-state index is 12.2. The van der Waals surface area contributed by atoms with Gasteiger partial charge in [0.2, 0.25) is 5.91 Å². The van der Waals surface area contributed by atoms with Gasteiger partial charge < -0.3 is 10.6 Å². The summed E-state index contributed by atoms with van der Waals surface area (Å²) >= 11 is 0. The molecule has 1 aliphatic heterocycles. The normalized spacial score (nSPS) is 20.2. The van der Waals surface area contributed by atoms with E-state index in [9.17, 15) is 4.79 Å². The fourth-order valence-corrected chi connectivity index (χ4v) is 2.45. The second-order valence-electron chi connectivity index (χ2n) is 5.45. The highest BCUT2D eigenvalue weighted by atomic mass is 35.5. The second kappa shape index (κ2) is 6.92. The molecule has 0 radical (unpaired) electrons. The molecule has 4 heteroatoms. The number of benzene rings is 1. The van der Waals surface area contributed by atoms with Crippen LogP contribution >= 0.6 is 12.4 Å². The predicted molar refractivity (Wildman–Crippen MR) is 80.4 cm³/mol. The van der Waals surface area contributed by atoms with Crippen molar-refractivity contribution in [1.29, 1.82) is 0 Å². The Balaban J connectivity index is 0.00000180. The maximum absolute atomic E-state index is 12.2. The van der Waals surface area contributed by atoms with Crippen molar-refractivity contribution in [2.45, 2.75) is 32.2 Å². The quantitative estimate of drug-likeness (QED) is 0.925. The minimum atomic E-state index is -0.362. The van der Waals surface area contributed by atoms with Gasteiger partial charge in [-0.15, -0.1) is 12.4 Å². The molecule has 2 N–H and O–H groups in total. The molecule has 1 aliphatic rings. The number of hydrogen-bond acceptors (Lipinski definition) is 2. The Morgan fingerprint density at radius 2 is 1.95 bits per heavy atom. The van der Waals surface area contributed by atoms with Crippen LogP contribution < -0.4 is 5.73 Å². The number of halogens is 1. The molecule has 2 rings (SSSR count). The van der Waals surface area contributed by atoms with Crippen molar-refractivity contribution >= 4 is 18.3 Å². The van der Waals surface area contributed by atoms with Crippen molar-refractivity contribution in [3.63, 3.8) is 0 Å². The summed E-state index contributed by atoms with van der Waals surface area (Å²) in [4.78, 5) is 14.1. The number of nitrogens with two attached hydrogens (primary N) is 1. The van der Waals surface area contributed by atoms with E-state index < -0.39 is 0 Å². The van der Waals surface area contributed by atoms with Gasteiger partial charge >= 0.3 is 0 Å². The van der Waals surface area contributed by atoms with Gasteiger partial charge in [-0.2, -0.15) is 0 Å². The maximum Gasteiger partial charge on any atom is 0.239 e. The Hall–Kier alpha value is -1.06. The molecule has 1 aromatic carbocycles. The lowest BCUT2D eigenvalue weighted by Crippen LogP contribution is -2.45. The number of carbonyl (C=O) groups is 1. The van der Waals surface area contributed by atoms with Crippen molar-refractivity contribution in [1.82, 2.24) is 4.90 Å². The molecule has 106 valence electrons. The van der Waals surface area contributed by atoms with E-state index in [4.69, 9.17) is 5.73 Å². The first-order chi connectivity index (χ1) is 8.59. The summed E-state index contributed by atoms with van der Waals surface area (Å²) in [7, 11) is 0. The van der Waals surface area contributed by atoms with E-state index in [0.717, 1.165) is 19.5 Å². The Morgan fingerprint density at radius 1 is 1.32 bits per heavy atom. The van der Waals surface area contributed by atoms with Crippen LogP contribution in [-0.2, 0) is 4.79 Å². The van der Waals surface area contributed by atoms with Gasteiger partial charge in [-0.1, -0.05) is 44.2 Å². The van der Waals surface area contributed by atoms with E-state index in [0.29, 0.717) is 5.92 Å². The molecular weight excluding hydrogens is 260 g/mol. The van der Waals surface area contributed by atoms with Crippen molar-refractivity contribution < 1.29 is 4.79 Å². The van der Waals surface area contributed by atoms with Gasteiger partial charge in [-0.05, 0) is 17.9 Å². The van der Waals surface area contributed by atoms with Crippen molar-refractivity contribution in [3.05, 3.63) is 35.9 Å². The third-order valence-corrected chi connectivity index (χ3v) is 3.77. The summed E-state index contributed by atoms with van der Waals surface area (Å²) in [6.07, 6.45) is 1.04. The molecule has 0 bridgehead atoms. The lowest BCUT2D eigenvalue weighted by atomic mass is 9.99. The second-order valence-corrected chi connectivity index (χ2v) is 5.45. The van der Waals surface area contributed by atoms with Gasteiger partial charge in [-0.25, -0.2) is 0 Å². The van der Waals surface area contributed by atoms with Crippen molar-refractivity contribution in [2.24, 2.45) is 11.7 Å². The summed E-state index contributed by atoms with van der Waals surface area (Å²) < 4.78 is 0. The first kappa shape index (κ1) is 16.0. The standard InChI is InChI=1S/C15H22N2O.ClH/c1-11(2)14(16)15(18)17-9-8-13(10-17)12-6-4-3-5-7-12;/h3-7,11,13-14H,8-10,16H2,1-2H3;1H/t13?,14-;/m1./s1. The van der Waals surface area contributed by atoms with Crippen LogP contribution in [0.5, 0.6) is 0 Å². The van der Waals surface area contributed by atoms with Gasteiger partial charge in [0.15, 0.2) is 0 Å². The van der Waals surface area contributed by atoms with Crippen LogP contribution in [-0.4, -0.2) is 29.9 Å².